The minimum absolute atomic E-state index is 0.00926. The number of nitrogens with one attached hydrogen (secondary N) is 1. The van der Waals surface area contributed by atoms with Gasteiger partial charge >= 0.3 is 5.69 Å². The van der Waals surface area contributed by atoms with Crippen LogP contribution < -0.4 is 10.2 Å². The lowest BCUT2D eigenvalue weighted by atomic mass is 10.2. The molecule has 0 unspecified atom stereocenters. The van der Waals surface area contributed by atoms with Gasteiger partial charge in [0, 0.05) is 6.07 Å². The molecule has 2 N–H and O–H groups in total. The summed E-state index contributed by atoms with van der Waals surface area (Å²) in [6.45, 7) is 0. The van der Waals surface area contributed by atoms with Gasteiger partial charge in [-0.25, -0.2) is 0 Å². The van der Waals surface area contributed by atoms with Crippen molar-refractivity contribution in [2.75, 3.05) is 12.6 Å². The fourth-order valence-corrected chi connectivity index (χ4v) is 0.971. The molecule has 6 heteroatoms. The summed E-state index contributed by atoms with van der Waals surface area (Å²) in [6, 6.07) is 4.20. The highest BCUT2D eigenvalue weighted by Crippen LogP contribution is 2.33. The van der Waals surface area contributed by atoms with Crippen LogP contribution in [0.15, 0.2) is 18.2 Å². The number of rotatable bonds is 3. The maximum atomic E-state index is 10.5. The number of benzene rings is 1. The second-order valence-corrected chi connectivity index (χ2v) is 2.23. The third kappa shape index (κ3) is 1.67. The van der Waals surface area contributed by atoms with Gasteiger partial charge in [0.2, 0.25) is 5.75 Å². The number of hydrogen-bond acceptors (Lipinski definition) is 5. The van der Waals surface area contributed by atoms with Crippen molar-refractivity contribution >= 4 is 11.4 Å². The highest BCUT2D eigenvalue weighted by molar-refractivity contribution is 5.65. The lowest BCUT2D eigenvalue weighted by Gasteiger charge is -2.05. The van der Waals surface area contributed by atoms with Crippen molar-refractivity contribution in [2.45, 2.75) is 0 Å². The van der Waals surface area contributed by atoms with Crippen LogP contribution in [0.4, 0.5) is 11.4 Å². The van der Waals surface area contributed by atoms with Crippen molar-refractivity contribution in [3.05, 3.63) is 28.3 Å². The Bertz CT molecular complexity index is 326. The number of nitrogens with zero attached hydrogens (tertiary/aromatic N) is 1. The summed E-state index contributed by atoms with van der Waals surface area (Å²) >= 11 is 0. The van der Waals surface area contributed by atoms with Crippen molar-refractivity contribution in [3.63, 3.8) is 0 Å². The Morgan fingerprint density at radius 3 is 2.77 bits per heavy atom. The molecule has 1 aromatic rings. The molecule has 6 nitrogen and oxygen atoms in total. The van der Waals surface area contributed by atoms with Gasteiger partial charge in [0.15, 0.2) is 0 Å². The van der Waals surface area contributed by atoms with E-state index >= 15 is 0 Å². The molecule has 0 aliphatic heterocycles. The number of ether oxygens (including phenoxy) is 1. The first-order chi connectivity index (χ1) is 6.20. The Morgan fingerprint density at radius 2 is 2.31 bits per heavy atom. The predicted octanol–water partition coefficient (Wildman–Crippen LogP) is 1.40. The quantitative estimate of drug-likeness (QED) is 0.547. The van der Waals surface area contributed by atoms with Crippen molar-refractivity contribution in [1.29, 1.82) is 0 Å². The maximum Gasteiger partial charge on any atom is 0.313 e. The van der Waals surface area contributed by atoms with E-state index in [1.165, 1.54) is 25.3 Å². The monoisotopic (exact) mass is 184 g/mol. The van der Waals surface area contributed by atoms with Gasteiger partial charge in [0.05, 0.1) is 12.0 Å². The molecule has 0 bridgehead atoms. The van der Waals surface area contributed by atoms with Crippen LogP contribution in [-0.4, -0.2) is 17.2 Å². The van der Waals surface area contributed by atoms with Crippen LogP contribution in [0.1, 0.15) is 0 Å². The van der Waals surface area contributed by atoms with Crippen LogP contribution in [-0.2, 0) is 0 Å². The molecule has 0 fully saturated rings. The predicted molar refractivity (Wildman–Crippen MR) is 45.1 cm³/mol. The Morgan fingerprint density at radius 1 is 1.62 bits per heavy atom. The van der Waals surface area contributed by atoms with E-state index in [-0.39, 0.29) is 17.1 Å². The van der Waals surface area contributed by atoms with E-state index in [9.17, 15) is 10.1 Å². The van der Waals surface area contributed by atoms with Gasteiger partial charge in [-0.3, -0.25) is 20.8 Å². The molecule has 0 atom stereocenters. The summed E-state index contributed by atoms with van der Waals surface area (Å²) in [6.07, 6.45) is 0. The third-order valence-corrected chi connectivity index (χ3v) is 1.52. The average molecular weight is 184 g/mol. The molecular formula is C7H8N2O4. The number of methoxy groups -OCH3 is 1. The minimum Gasteiger partial charge on any atom is -0.489 e. The zero-order valence-electron chi connectivity index (χ0n) is 6.85. The van der Waals surface area contributed by atoms with Crippen LogP contribution >= 0.6 is 0 Å². The molecule has 0 aliphatic rings. The number of anilines is 1. The summed E-state index contributed by atoms with van der Waals surface area (Å²) in [4.78, 5) is 9.88. The van der Waals surface area contributed by atoms with Crippen molar-refractivity contribution < 1.29 is 14.9 Å². The number of para-hydroxylation sites is 1. The smallest absolute Gasteiger partial charge is 0.313 e. The van der Waals surface area contributed by atoms with E-state index in [0.717, 1.165) is 0 Å². The topological polar surface area (TPSA) is 84.6 Å². The van der Waals surface area contributed by atoms with Crippen LogP contribution in [0, 0.1) is 10.1 Å². The molecule has 0 aromatic heterocycles. The average Bonchev–Trinajstić information content (AvgIpc) is 2.16. The molecule has 0 amide bonds. The Hall–Kier alpha value is -1.82. The first kappa shape index (κ1) is 9.27. The van der Waals surface area contributed by atoms with Crippen molar-refractivity contribution in [3.8, 4) is 5.75 Å². The van der Waals surface area contributed by atoms with Gasteiger partial charge in [-0.1, -0.05) is 6.07 Å². The normalized spacial score (nSPS) is 9.38. The first-order valence-electron chi connectivity index (χ1n) is 3.42. The molecule has 1 aromatic carbocycles. The minimum atomic E-state index is -0.584. The number of hydrogen-bond donors (Lipinski definition) is 2. The summed E-state index contributed by atoms with van der Waals surface area (Å²) in [5.41, 5.74) is 1.78. The molecule has 0 radical (unpaired) electrons. The lowest BCUT2D eigenvalue weighted by molar-refractivity contribution is -0.385. The number of nitro benzene ring substituents is 1. The van der Waals surface area contributed by atoms with E-state index in [0.29, 0.717) is 0 Å². The molecule has 0 spiro atoms. The van der Waals surface area contributed by atoms with Gasteiger partial charge in [-0.15, -0.1) is 0 Å². The molecule has 70 valence electrons. The zero-order chi connectivity index (χ0) is 9.84. The zero-order valence-corrected chi connectivity index (χ0v) is 6.85. The van der Waals surface area contributed by atoms with Crippen LogP contribution in [0.3, 0.4) is 0 Å². The van der Waals surface area contributed by atoms with Crippen molar-refractivity contribution in [2.24, 2.45) is 0 Å². The molecule has 0 aliphatic carbocycles. The molecule has 13 heavy (non-hydrogen) atoms. The fourth-order valence-electron chi connectivity index (χ4n) is 0.971. The second kappa shape index (κ2) is 3.72. The van der Waals surface area contributed by atoms with Crippen LogP contribution in [0.25, 0.3) is 0 Å². The third-order valence-electron chi connectivity index (χ3n) is 1.52. The Balaban J connectivity index is 3.27. The lowest BCUT2D eigenvalue weighted by Crippen LogP contribution is -1.98. The molecule has 0 heterocycles. The standard InChI is InChI=1S/C7H8N2O4/c1-13-7-5(8-10)3-2-4-6(7)9(11)12/h2-4,8,10H,1H3. The number of nitro groups is 1. The van der Waals surface area contributed by atoms with Gasteiger partial charge in [-0.05, 0) is 6.07 Å². The highest BCUT2D eigenvalue weighted by Gasteiger charge is 2.17. The van der Waals surface area contributed by atoms with Gasteiger partial charge in [0.25, 0.3) is 0 Å². The summed E-state index contributed by atoms with van der Waals surface area (Å²) in [5.74, 6) is 0.00926. The second-order valence-electron chi connectivity index (χ2n) is 2.23. The van der Waals surface area contributed by atoms with E-state index in [1.54, 1.807) is 0 Å². The summed E-state index contributed by atoms with van der Waals surface area (Å²) in [5, 5.41) is 19.1. The maximum absolute atomic E-state index is 10.5. The molecule has 1 rings (SSSR count). The Kier molecular flexibility index (Phi) is 2.65. The van der Waals surface area contributed by atoms with Crippen molar-refractivity contribution in [1.82, 2.24) is 0 Å². The molecule has 0 saturated heterocycles. The van der Waals surface area contributed by atoms with Crippen LogP contribution in [0.2, 0.25) is 0 Å². The Labute approximate surface area is 73.9 Å². The summed E-state index contributed by atoms with van der Waals surface area (Å²) < 4.78 is 4.76. The summed E-state index contributed by atoms with van der Waals surface area (Å²) in [7, 11) is 1.29. The van der Waals surface area contributed by atoms with Crippen LogP contribution in [0.5, 0.6) is 5.75 Å². The SMILES string of the molecule is COc1c(NO)cccc1[N+](=O)[O-]. The van der Waals surface area contributed by atoms with E-state index in [4.69, 9.17) is 9.94 Å². The van der Waals surface area contributed by atoms with Gasteiger partial charge in [-0.2, -0.15) is 0 Å². The largest absolute Gasteiger partial charge is 0.489 e. The van der Waals surface area contributed by atoms with Gasteiger partial charge < -0.3 is 4.74 Å². The highest BCUT2D eigenvalue weighted by atomic mass is 16.6. The fraction of sp³-hybridized carbons (Fsp3) is 0.143. The molecule has 0 saturated carbocycles. The van der Waals surface area contributed by atoms with Gasteiger partial charge in [0.1, 0.15) is 5.69 Å². The van der Waals surface area contributed by atoms with E-state index < -0.39 is 4.92 Å². The first-order valence-corrected chi connectivity index (χ1v) is 3.42. The molecular weight excluding hydrogens is 176 g/mol. The van der Waals surface area contributed by atoms with E-state index in [1.807, 2.05) is 5.48 Å². The van der Waals surface area contributed by atoms with E-state index in [2.05, 4.69) is 0 Å².